The van der Waals surface area contributed by atoms with E-state index < -0.39 is 10.0 Å². The molecule has 1 unspecified atom stereocenters. The van der Waals surface area contributed by atoms with Gasteiger partial charge in [-0.1, -0.05) is 12.1 Å². The summed E-state index contributed by atoms with van der Waals surface area (Å²) < 4.78 is 25.0. The topological polar surface area (TPSA) is 60.9 Å². The summed E-state index contributed by atoms with van der Waals surface area (Å²) in [5.74, 6) is -0.0914. The summed E-state index contributed by atoms with van der Waals surface area (Å²) in [7, 11) is -3.22. The summed E-state index contributed by atoms with van der Waals surface area (Å²) in [6, 6.07) is 8.42. The Kier molecular flexibility index (Phi) is 5.34. The lowest BCUT2D eigenvalue weighted by Gasteiger charge is -2.39. The number of carbonyl (C=O) groups is 1. The molecule has 3 rings (SSSR count). The van der Waals surface area contributed by atoms with E-state index in [4.69, 9.17) is 0 Å². The normalized spacial score (nSPS) is 22.9. The van der Waals surface area contributed by atoms with Gasteiger partial charge in [0.2, 0.25) is 15.9 Å². The average Bonchev–Trinajstić information content (AvgIpc) is 2.61. The van der Waals surface area contributed by atoms with Gasteiger partial charge in [0.1, 0.15) is 0 Å². The van der Waals surface area contributed by atoms with Crippen molar-refractivity contribution in [3.05, 3.63) is 29.8 Å². The Morgan fingerprint density at radius 2 is 1.84 bits per heavy atom. The molecule has 2 aliphatic rings. The number of piperazine rings is 1. The second kappa shape index (κ2) is 7.33. The Labute approximate surface area is 150 Å². The highest BCUT2D eigenvalue weighted by Gasteiger charge is 2.33. The summed E-state index contributed by atoms with van der Waals surface area (Å²) in [5.41, 5.74) is 2.44. The first-order chi connectivity index (χ1) is 11.8. The maximum absolute atomic E-state index is 12.8. The molecule has 2 aliphatic heterocycles. The van der Waals surface area contributed by atoms with Crippen LogP contribution in [-0.4, -0.2) is 69.1 Å². The van der Waals surface area contributed by atoms with Crippen molar-refractivity contribution in [2.24, 2.45) is 5.92 Å². The van der Waals surface area contributed by atoms with E-state index >= 15 is 0 Å². The molecule has 1 atom stereocenters. The van der Waals surface area contributed by atoms with Crippen molar-refractivity contribution >= 4 is 21.6 Å². The molecule has 1 aromatic rings. The summed E-state index contributed by atoms with van der Waals surface area (Å²) in [6.07, 6.45) is 2.76. The molecular weight excluding hydrogens is 338 g/mol. The average molecular weight is 365 g/mol. The molecule has 1 amide bonds. The monoisotopic (exact) mass is 365 g/mol. The molecule has 0 radical (unpaired) electrons. The van der Waals surface area contributed by atoms with E-state index in [0.29, 0.717) is 26.2 Å². The lowest BCUT2D eigenvalue weighted by atomic mass is 9.97. The number of nitrogens with zero attached hydrogens (tertiary/aromatic N) is 3. The third kappa shape index (κ3) is 4.33. The van der Waals surface area contributed by atoms with Crippen molar-refractivity contribution in [1.82, 2.24) is 9.21 Å². The number of hydrogen-bond acceptors (Lipinski definition) is 4. The van der Waals surface area contributed by atoms with Gasteiger partial charge in [-0.2, -0.15) is 0 Å². The molecule has 2 saturated heterocycles. The number of anilines is 1. The van der Waals surface area contributed by atoms with Gasteiger partial charge in [-0.05, 0) is 37.5 Å². The number of amides is 1. The van der Waals surface area contributed by atoms with Crippen LogP contribution in [0.3, 0.4) is 0 Å². The van der Waals surface area contributed by atoms with Crippen LogP contribution in [0.25, 0.3) is 0 Å². The van der Waals surface area contributed by atoms with Crippen LogP contribution in [-0.2, 0) is 14.8 Å². The van der Waals surface area contributed by atoms with Gasteiger partial charge < -0.3 is 9.80 Å². The minimum absolute atomic E-state index is 0.109. The van der Waals surface area contributed by atoms with E-state index in [2.05, 4.69) is 36.1 Å². The summed E-state index contributed by atoms with van der Waals surface area (Å²) in [5, 5.41) is 0. The van der Waals surface area contributed by atoms with E-state index in [-0.39, 0.29) is 11.8 Å². The maximum atomic E-state index is 12.8. The molecule has 2 fully saturated rings. The highest BCUT2D eigenvalue weighted by Crippen LogP contribution is 2.23. The fourth-order valence-corrected chi connectivity index (χ4v) is 4.62. The second-order valence-corrected chi connectivity index (χ2v) is 9.09. The molecule has 6 nitrogen and oxygen atoms in total. The molecule has 0 spiro atoms. The SMILES string of the molecule is Cc1cccc(N2CCN(C(=O)C3CCCN(S(C)(=O)=O)C3)CC2)c1. The molecular formula is C18H27N3O3S. The van der Waals surface area contributed by atoms with E-state index in [1.807, 2.05) is 4.90 Å². The molecule has 0 aromatic heterocycles. The third-order valence-corrected chi connectivity index (χ3v) is 6.43. The molecule has 2 heterocycles. The predicted molar refractivity (Wildman–Crippen MR) is 99.1 cm³/mol. The second-order valence-electron chi connectivity index (χ2n) is 7.11. The van der Waals surface area contributed by atoms with Crippen LogP contribution < -0.4 is 4.90 Å². The van der Waals surface area contributed by atoms with Crippen LogP contribution in [0.1, 0.15) is 18.4 Å². The van der Waals surface area contributed by atoms with E-state index in [1.54, 1.807) is 0 Å². The van der Waals surface area contributed by atoms with Crippen molar-refractivity contribution in [2.45, 2.75) is 19.8 Å². The van der Waals surface area contributed by atoms with E-state index in [1.165, 1.54) is 21.8 Å². The minimum Gasteiger partial charge on any atom is -0.368 e. The molecule has 7 heteroatoms. The standard InChI is InChI=1S/C18H27N3O3S/c1-15-5-3-7-17(13-15)19-9-11-20(12-10-19)18(22)16-6-4-8-21(14-16)25(2,23)24/h3,5,7,13,16H,4,6,8-12,14H2,1-2H3. The van der Waals surface area contributed by atoms with Crippen LogP contribution in [0.5, 0.6) is 0 Å². The van der Waals surface area contributed by atoms with Crippen LogP contribution in [0.15, 0.2) is 24.3 Å². The maximum Gasteiger partial charge on any atom is 0.227 e. The van der Waals surface area contributed by atoms with E-state index in [0.717, 1.165) is 25.9 Å². The predicted octanol–water partition coefficient (Wildman–Crippen LogP) is 1.32. The number of sulfonamides is 1. The quantitative estimate of drug-likeness (QED) is 0.810. The Morgan fingerprint density at radius 3 is 2.48 bits per heavy atom. The zero-order valence-electron chi connectivity index (χ0n) is 15.0. The fourth-order valence-electron chi connectivity index (χ4n) is 3.71. The number of benzene rings is 1. The molecule has 1 aromatic carbocycles. The highest BCUT2D eigenvalue weighted by atomic mass is 32.2. The Morgan fingerprint density at radius 1 is 1.12 bits per heavy atom. The Bertz CT molecular complexity index is 727. The van der Waals surface area contributed by atoms with Gasteiger partial charge in [0.25, 0.3) is 0 Å². The first-order valence-electron chi connectivity index (χ1n) is 8.90. The van der Waals surface area contributed by atoms with Gasteiger partial charge in [0, 0.05) is 45.0 Å². The lowest BCUT2D eigenvalue weighted by molar-refractivity contribution is -0.137. The van der Waals surface area contributed by atoms with E-state index in [9.17, 15) is 13.2 Å². The van der Waals surface area contributed by atoms with Gasteiger partial charge >= 0.3 is 0 Å². The molecule has 0 N–H and O–H groups in total. The fraction of sp³-hybridized carbons (Fsp3) is 0.611. The van der Waals surface area contributed by atoms with Crippen molar-refractivity contribution in [3.63, 3.8) is 0 Å². The van der Waals surface area contributed by atoms with Gasteiger partial charge in [0.05, 0.1) is 12.2 Å². The number of carbonyl (C=O) groups excluding carboxylic acids is 1. The lowest BCUT2D eigenvalue weighted by Crippen LogP contribution is -2.53. The number of rotatable bonds is 3. The Hall–Kier alpha value is -1.60. The first-order valence-corrected chi connectivity index (χ1v) is 10.7. The van der Waals surface area contributed by atoms with Crippen LogP contribution in [0.2, 0.25) is 0 Å². The molecule has 0 saturated carbocycles. The third-order valence-electron chi connectivity index (χ3n) is 5.16. The zero-order valence-corrected chi connectivity index (χ0v) is 15.8. The summed E-state index contributed by atoms with van der Waals surface area (Å²) in [4.78, 5) is 17.0. The van der Waals surface area contributed by atoms with Gasteiger partial charge in [-0.25, -0.2) is 12.7 Å². The van der Waals surface area contributed by atoms with Crippen LogP contribution in [0.4, 0.5) is 5.69 Å². The van der Waals surface area contributed by atoms with Crippen molar-refractivity contribution < 1.29 is 13.2 Å². The van der Waals surface area contributed by atoms with Gasteiger partial charge in [-0.3, -0.25) is 4.79 Å². The summed E-state index contributed by atoms with van der Waals surface area (Å²) >= 11 is 0. The number of piperidine rings is 1. The van der Waals surface area contributed by atoms with Gasteiger partial charge in [-0.15, -0.1) is 0 Å². The minimum atomic E-state index is -3.22. The van der Waals surface area contributed by atoms with Crippen LogP contribution in [0, 0.1) is 12.8 Å². The zero-order chi connectivity index (χ0) is 18.0. The smallest absolute Gasteiger partial charge is 0.227 e. The molecule has 25 heavy (non-hydrogen) atoms. The first kappa shape index (κ1) is 18.2. The van der Waals surface area contributed by atoms with Gasteiger partial charge in [0.15, 0.2) is 0 Å². The highest BCUT2D eigenvalue weighted by molar-refractivity contribution is 7.88. The molecule has 0 aliphatic carbocycles. The van der Waals surface area contributed by atoms with Crippen molar-refractivity contribution in [1.29, 1.82) is 0 Å². The van der Waals surface area contributed by atoms with Crippen molar-refractivity contribution in [2.75, 3.05) is 50.4 Å². The largest absolute Gasteiger partial charge is 0.368 e. The summed E-state index contributed by atoms with van der Waals surface area (Å²) in [6.45, 7) is 5.97. The molecule has 0 bridgehead atoms. The van der Waals surface area contributed by atoms with Crippen LogP contribution >= 0.6 is 0 Å². The number of hydrogen-bond donors (Lipinski definition) is 0. The Balaban J connectivity index is 1.58. The molecule has 138 valence electrons. The number of aryl methyl sites for hydroxylation is 1. The van der Waals surface area contributed by atoms with Crippen molar-refractivity contribution in [3.8, 4) is 0 Å².